The first-order chi connectivity index (χ1) is 5.90. The van der Waals surface area contributed by atoms with Gasteiger partial charge in [0.2, 0.25) is 0 Å². The first kappa shape index (κ1) is 10.5. The van der Waals surface area contributed by atoms with E-state index in [1.165, 1.54) is 22.6 Å². The lowest BCUT2D eigenvalue weighted by molar-refractivity contribution is -0.275. The van der Waals surface area contributed by atoms with Gasteiger partial charge in [-0.3, -0.25) is 4.98 Å². The molecule has 0 aliphatic rings. The fourth-order valence-electron chi connectivity index (χ4n) is 0.597. The predicted molar refractivity (Wildman–Crippen MR) is 43.6 cm³/mol. The number of hydrogen-bond donors (Lipinski definition) is 0. The molecule has 0 aromatic carbocycles. The highest BCUT2D eigenvalue weighted by atomic mass is 127. The molecule has 1 aromatic heterocycles. The van der Waals surface area contributed by atoms with E-state index in [1.807, 2.05) is 0 Å². The molecule has 7 heteroatoms. The number of ether oxygens (including phenoxy) is 1. The Kier molecular flexibility index (Phi) is 2.94. The van der Waals surface area contributed by atoms with Crippen LogP contribution in [0.1, 0.15) is 0 Å². The Hall–Kier alpha value is -0.600. The van der Waals surface area contributed by atoms with Crippen molar-refractivity contribution in [2.75, 3.05) is 0 Å². The summed E-state index contributed by atoms with van der Waals surface area (Å²) in [6, 6.07) is 0. The molecule has 0 bridgehead atoms. The van der Waals surface area contributed by atoms with Crippen LogP contribution in [0.3, 0.4) is 0 Å². The molecule has 0 saturated heterocycles. The summed E-state index contributed by atoms with van der Waals surface area (Å²) < 4.78 is 50.9. The van der Waals surface area contributed by atoms with Crippen LogP contribution in [-0.4, -0.2) is 11.3 Å². The van der Waals surface area contributed by atoms with Crippen molar-refractivity contribution in [3.8, 4) is 5.75 Å². The Balaban J connectivity index is 2.96. The van der Waals surface area contributed by atoms with Gasteiger partial charge in [-0.1, -0.05) is 0 Å². The van der Waals surface area contributed by atoms with Crippen LogP contribution in [0.5, 0.6) is 5.75 Å². The van der Waals surface area contributed by atoms with Crippen molar-refractivity contribution >= 4 is 22.6 Å². The smallest absolute Gasteiger partial charge is 0.403 e. The molecule has 0 aliphatic heterocycles. The van der Waals surface area contributed by atoms with Crippen molar-refractivity contribution in [3.63, 3.8) is 0 Å². The fourth-order valence-corrected chi connectivity index (χ4v) is 0.986. The Labute approximate surface area is 84.1 Å². The monoisotopic (exact) mass is 307 g/mol. The van der Waals surface area contributed by atoms with Crippen LogP contribution in [0, 0.1) is 9.39 Å². The lowest BCUT2D eigenvalue weighted by Crippen LogP contribution is -2.18. The van der Waals surface area contributed by atoms with Crippen LogP contribution in [0.2, 0.25) is 0 Å². The molecule has 0 fully saturated rings. The van der Waals surface area contributed by atoms with Crippen LogP contribution in [-0.2, 0) is 0 Å². The second-order valence-electron chi connectivity index (χ2n) is 1.98. The summed E-state index contributed by atoms with van der Waals surface area (Å²) in [5, 5.41) is 0. The summed E-state index contributed by atoms with van der Waals surface area (Å²) in [7, 11) is 0. The number of rotatable bonds is 1. The topological polar surface area (TPSA) is 22.1 Å². The maximum atomic E-state index is 12.6. The number of pyridine rings is 1. The van der Waals surface area contributed by atoms with Gasteiger partial charge in [0.15, 0.2) is 11.6 Å². The molecule has 1 aromatic rings. The van der Waals surface area contributed by atoms with E-state index in [1.54, 1.807) is 0 Å². The molecule has 72 valence electrons. The van der Waals surface area contributed by atoms with Gasteiger partial charge in [-0.2, -0.15) is 0 Å². The van der Waals surface area contributed by atoms with Crippen LogP contribution >= 0.6 is 22.6 Å². The van der Waals surface area contributed by atoms with Crippen molar-refractivity contribution in [2.24, 2.45) is 0 Å². The van der Waals surface area contributed by atoms with Crippen molar-refractivity contribution < 1.29 is 22.3 Å². The third kappa shape index (κ3) is 2.98. The van der Waals surface area contributed by atoms with Crippen molar-refractivity contribution in [3.05, 3.63) is 21.8 Å². The van der Waals surface area contributed by atoms with E-state index in [4.69, 9.17) is 0 Å². The Morgan fingerprint density at radius 3 is 2.46 bits per heavy atom. The van der Waals surface area contributed by atoms with Gasteiger partial charge in [0.25, 0.3) is 0 Å². The molecule has 0 saturated carbocycles. The molecule has 0 amide bonds. The van der Waals surface area contributed by atoms with Gasteiger partial charge in [-0.25, -0.2) is 4.39 Å². The third-order valence-electron chi connectivity index (χ3n) is 1.03. The van der Waals surface area contributed by atoms with Gasteiger partial charge in [-0.05, 0) is 22.6 Å². The highest BCUT2D eigenvalue weighted by Crippen LogP contribution is 2.27. The van der Waals surface area contributed by atoms with E-state index in [0.29, 0.717) is 0 Å². The SMILES string of the molecule is Fc1cncc(OC(F)(F)F)c1I. The Morgan fingerprint density at radius 2 is 1.92 bits per heavy atom. The molecule has 0 atom stereocenters. The summed E-state index contributed by atoms with van der Waals surface area (Å²) >= 11 is 1.40. The molecule has 13 heavy (non-hydrogen) atoms. The van der Waals surface area contributed by atoms with Gasteiger partial charge < -0.3 is 4.74 Å². The summed E-state index contributed by atoms with van der Waals surface area (Å²) in [5.41, 5.74) is 0. The van der Waals surface area contributed by atoms with E-state index < -0.39 is 17.9 Å². The number of nitrogens with zero attached hydrogens (tertiary/aromatic N) is 1. The van der Waals surface area contributed by atoms with E-state index in [9.17, 15) is 17.6 Å². The van der Waals surface area contributed by atoms with Gasteiger partial charge >= 0.3 is 6.36 Å². The van der Waals surface area contributed by atoms with Crippen molar-refractivity contribution in [1.82, 2.24) is 4.98 Å². The molecule has 2 nitrogen and oxygen atoms in total. The van der Waals surface area contributed by atoms with Crippen molar-refractivity contribution in [1.29, 1.82) is 0 Å². The zero-order chi connectivity index (χ0) is 10.1. The molecular weight excluding hydrogens is 305 g/mol. The highest BCUT2D eigenvalue weighted by molar-refractivity contribution is 14.1. The molecule has 0 aliphatic carbocycles. The van der Waals surface area contributed by atoms with Crippen LogP contribution < -0.4 is 4.74 Å². The van der Waals surface area contributed by atoms with E-state index in [2.05, 4.69) is 9.72 Å². The zero-order valence-corrected chi connectivity index (χ0v) is 8.06. The first-order valence-electron chi connectivity index (χ1n) is 2.95. The van der Waals surface area contributed by atoms with E-state index in [-0.39, 0.29) is 3.57 Å². The molecule has 0 N–H and O–H groups in total. The quantitative estimate of drug-likeness (QED) is 0.588. The maximum Gasteiger partial charge on any atom is 0.573 e. The molecule has 1 heterocycles. The number of halogens is 5. The van der Waals surface area contributed by atoms with Gasteiger partial charge in [0, 0.05) is 0 Å². The Morgan fingerprint density at radius 1 is 1.31 bits per heavy atom. The number of aromatic nitrogens is 1. The van der Waals surface area contributed by atoms with Gasteiger partial charge in [0.05, 0.1) is 16.0 Å². The molecule has 0 spiro atoms. The van der Waals surface area contributed by atoms with Crippen molar-refractivity contribution in [2.45, 2.75) is 6.36 Å². The third-order valence-corrected chi connectivity index (χ3v) is 2.08. The summed E-state index contributed by atoms with van der Waals surface area (Å²) in [5.74, 6) is -1.48. The lowest BCUT2D eigenvalue weighted by Gasteiger charge is -2.09. The first-order valence-corrected chi connectivity index (χ1v) is 4.03. The van der Waals surface area contributed by atoms with Crippen LogP contribution in [0.4, 0.5) is 17.6 Å². The second kappa shape index (κ2) is 3.64. The van der Waals surface area contributed by atoms with Crippen LogP contribution in [0.25, 0.3) is 0 Å². The molecule has 0 radical (unpaired) electrons. The summed E-state index contributed by atoms with van der Waals surface area (Å²) in [6.07, 6.45) is -3.21. The standard InChI is InChI=1S/C6H2F4INO/c7-3-1-12-2-4(5(3)11)13-6(8,9)10/h1-2H. The molecular formula is C6H2F4INO. The normalized spacial score (nSPS) is 11.5. The molecule has 1 rings (SSSR count). The zero-order valence-electron chi connectivity index (χ0n) is 5.90. The van der Waals surface area contributed by atoms with Gasteiger partial charge in [0.1, 0.15) is 0 Å². The fraction of sp³-hybridized carbons (Fsp3) is 0.167. The molecule has 0 unspecified atom stereocenters. The Bertz CT molecular complexity index is 314. The maximum absolute atomic E-state index is 12.6. The predicted octanol–water partition coefficient (Wildman–Crippen LogP) is 2.72. The van der Waals surface area contributed by atoms with E-state index in [0.717, 1.165) is 12.4 Å². The van der Waals surface area contributed by atoms with E-state index >= 15 is 0 Å². The largest absolute Gasteiger partial charge is 0.573 e. The minimum Gasteiger partial charge on any atom is -0.403 e. The minimum absolute atomic E-state index is 0.245. The number of alkyl halides is 3. The lowest BCUT2D eigenvalue weighted by atomic mass is 10.4. The summed E-state index contributed by atoms with van der Waals surface area (Å²) in [4.78, 5) is 3.22. The van der Waals surface area contributed by atoms with Gasteiger partial charge in [-0.15, -0.1) is 13.2 Å². The number of hydrogen-bond acceptors (Lipinski definition) is 2. The average molecular weight is 307 g/mol. The second-order valence-corrected chi connectivity index (χ2v) is 3.06. The van der Waals surface area contributed by atoms with Crippen LogP contribution in [0.15, 0.2) is 12.4 Å². The highest BCUT2D eigenvalue weighted by Gasteiger charge is 2.32. The minimum atomic E-state index is -4.82. The average Bonchev–Trinajstić information content (AvgIpc) is 1.96. The summed E-state index contributed by atoms with van der Waals surface area (Å²) in [6.45, 7) is 0.